The summed E-state index contributed by atoms with van der Waals surface area (Å²) < 4.78 is 4.93. The van der Waals surface area contributed by atoms with Crippen LogP contribution in [0.25, 0.3) is 0 Å². The lowest BCUT2D eigenvalue weighted by molar-refractivity contribution is -0.189. The van der Waals surface area contributed by atoms with Gasteiger partial charge in [-0.05, 0) is 31.4 Å². The number of hydrogen-bond donors (Lipinski definition) is 5. The molecule has 6 N–H and O–H groups in total. The fraction of sp³-hybridized carbons (Fsp3) is 0.520. The molecule has 0 bridgehead atoms. The van der Waals surface area contributed by atoms with Gasteiger partial charge in [-0.3, -0.25) is 24.0 Å². The predicted octanol–water partition coefficient (Wildman–Crippen LogP) is -0.778. The Kier molecular flexibility index (Phi) is 6.45. The van der Waals surface area contributed by atoms with Gasteiger partial charge in [0.1, 0.15) is 11.8 Å². The molecule has 12 heteroatoms. The van der Waals surface area contributed by atoms with E-state index in [-0.39, 0.29) is 17.9 Å². The largest absolute Gasteiger partial charge is 0.505 e. The van der Waals surface area contributed by atoms with E-state index in [1.165, 1.54) is 19.1 Å². The number of esters is 1. The van der Waals surface area contributed by atoms with Crippen LogP contribution >= 0.6 is 0 Å². The third-order valence-electron chi connectivity index (χ3n) is 7.87. The lowest BCUT2D eigenvalue weighted by Crippen LogP contribution is -2.72. The van der Waals surface area contributed by atoms with Crippen molar-refractivity contribution in [3.8, 4) is 5.75 Å². The maximum absolute atomic E-state index is 13.7. The molecule has 8 atom stereocenters. The van der Waals surface area contributed by atoms with Crippen LogP contribution < -0.4 is 11.1 Å². The summed E-state index contributed by atoms with van der Waals surface area (Å²) in [5.74, 6) is -14.3. The number of carbonyl (C=O) groups is 6. The van der Waals surface area contributed by atoms with Crippen molar-refractivity contribution in [2.24, 2.45) is 29.4 Å². The molecule has 12 nitrogen and oxygen atoms in total. The van der Waals surface area contributed by atoms with Crippen LogP contribution in [0, 0.1) is 23.7 Å². The average Bonchev–Trinajstić information content (AvgIpc) is 2.82. The highest BCUT2D eigenvalue weighted by atomic mass is 16.5. The van der Waals surface area contributed by atoms with Crippen molar-refractivity contribution >= 4 is 40.7 Å². The third kappa shape index (κ3) is 3.65. The SMILES string of the molecule is CCOC(=O)C(C)Nc1ccc2c(c1O)C(=O)C1C(=O)[C@]3(O)C(=O)C(C(N)=O)C(=O)C[C@@H]3[C@@H](O)[C@@H]1[C@H]2C. The summed E-state index contributed by atoms with van der Waals surface area (Å²) in [6, 6.07) is 2.05. The van der Waals surface area contributed by atoms with E-state index in [1.807, 2.05) is 0 Å². The monoisotopic (exact) mass is 516 g/mol. The highest BCUT2D eigenvalue weighted by molar-refractivity contribution is 6.31. The van der Waals surface area contributed by atoms with Gasteiger partial charge in [0.2, 0.25) is 5.91 Å². The standard InChI is InChI=1S/C25H28N2O10/c1-4-37-24(35)9(3)27-12-6-5-10-8(2)14-17(20(31)15(10)19(12)30)22(33)25(36)11(18(14)29)7-13(28)16(21(25)32)23(26)34/h5-6,8-9,11,14,16-18,27,29-30,36H,4,7H2,1-3H3,(H2,26,34)/t8-,9?,11+,14+,16?,17?,18+,25+/m0/s1. The number of anilines is 1. The van der Waals surface area contributed by atoms with Gasteiger partial charge in [-0.2, -0.15) is 0 Å². The molecule has 2 saturated carbocycles. The first-order chi connectivity index (χ1) is 17.3. The molecule has 1 aromatic rings. The number of rotatable bonds is 5. The number of ether oxygens (including phenoxy) is 1. The maximum Gasteiger partial charge on any atom is 0.328 e. The highest BCUT2D eigenvalue weighted by Crippen LogP contribution is 2.54. The van der Waals surface area contributed by atoms with Gasteiger partial charge in [0.05, 0.1) is 29.9 Å². The van der Waals surface area contributed by atoms with Crippen molar-refractivity contribution < 1.29 is 48.8 Å². The molecule has 1 amide bonds. The van der Waals surface area contributed by atoms with Gasteiger partial charge < -0.3 is 31.1 Å². The fourth-order valence-corrected chi connectivity index (χ4v) is 6.03. The molecular formula is C25H28N2O10. The number of carbonyl (C=O) groups excluding carboxylic acids is 6. The van der Waals surface area contributed by atoms with Gasteiger partial charge in [-0.1, -0.05) is 13.0 Å². The number of hydrogen-bond acceptors (Lipinski definition) is 11. The molecule has 1 aromatic carbocycles. The summed E-state index contributed by atoms with van der Waals surface area (Å²) in [6.07, 6.45) is -2.29. The first-order valence-electron chi connectivity index (χ1n) is 11.9. The Morgan fingerprint density at radius 3 is 2.46 bits per heavy atom. The number of primary amides is 1. The zero-order valence-electron chi connectivity index (χ0n) is 20.4. The number of aromatic hydroxyl groups is 1. The smallest absolute Gasteiger partial charge is 0.328 e. The summed E-state index contributed by atoms with van der Waals surface area (Å²) >= 11 is 0. The summed E-state index contributed by atoms with van der Waals surface area (Å²) in [5.41, 5.74) is 2.23. The Hall–Kier alpha value is -3.64. The molecule has 4 rings (SSSR count). The molecule has 0 radical (unpaired) electrons. The lowest BCUT2D eigenvalue weighted by atomic mass is 9.50. The van der Waals surface area contributed by atoms with Gasteiger partial charge in [-0.25, -0.2) is 4.79 Å². The number of ketones is 4. The van der Waals surface area contributed by atoms with Crippen molar-refractivity contribution in [1.29, 1.82) is 0 Å². The molecule has 0 aliphatic heterocycles. The molecule has 0 spiro atoms. The van der Waals surface area contributed by atoms with Crippen molar-refractivity contribution in [2.45, 2.75) is 50.9 Å². The number of amides is 1. The van der Waals surface area contributed by atoms with E-state index in [0.29, 0.717) is 5.56 Å². The molecule has 0 aromatic heterocycles. The van der Waals surface area contributed by atoms with E-state index < -0.39 is 94.5 Å². The van der Waals surface area contributed by atoms with Crippen molar-refractivity contribution in [1.82, 2.24) is 0 Å². The van der Waals surface area contributed by atoms with Crippen molar-refractivity contribution in [3.63, 3.8) is 0 Å². The quantitative estimate of drug-likeness (QED) is 0.186. The molecule has 3 aliphatic carbocycles. The molecule has 198 valence electrons. The first-order valence-corrected chi connectivity index (χ1v) is 11.9. The summed E-state index contributed by atoms with van der Waals surface area (Å²) in [7, 11) is 0. The Labute approximate surface area is 211 Å². The lowest BCUT2D eigenvalue weighted by Gasteiger charge is -2.52. The number of nitrogens with one attached hydrogen (secondary N) is 1. The minimum atomic E-state index is -2.98. The van der Waals surface area contributed by atoms with E-state index in [9.17, 15) is 44.1 Å². The Morgan fingerprint density at radius 2 is 1.86 bits per heavy atom. The number of fused-ring (bicyclic) bond motifs is 3. The van der Waals surface area contributed by atoms with Gasteiger partial charge in [0, 0.05) is 18.3 Å². The van der Waals surface area contributed by atoms with Gasteiger partial charge in [0.25, 0.3) is 0 Å². The topological polar surface area (TPSA) is 210 Å². The Balaban J connectivity index is 1.79. The summed E-state index contributed by atoms with van der Waals surface area (Å²) in [6.45, 7) is 4.86. The number of Topliss-reactive ketones (excluding diaryl/α,β-unsaturated/α-hetero) is 4. The van der Waals surface area contributed by atoms with Crippen LogP contribution in [-0.2, 0) is 28.7 Å². The normalized spacial score (nSPS) is 33.6. The Bertz CT molecular complexity index is 1240. The van der Waals surface area contributed by atoms with Crippen molar-refractivity contribution in [3.05, 3.63) is 23.3 Å². The minimum Gasteiger partial charge on any atom is -0.505 e. The van der Waals surface area contributed by atoms with E-state index in [0.717, 1.165) is 0 Å². The molecule has 3 unspecified atom stereocenters. The van der Waals surface area contributed by atoms with Crippen LogP contribution in [0.3, 0.4) is 0 Å². The molecule has 2 fully saturated rings. The second-order valence-electron chi connectivity index (χ2n) is 9.85. The Morgan fingerprint density at radius 1 is 1.22 bits per heavy atom. The number of phenolic OH excluding ortho intramolecular Hbond substituents is 1. The summed E-state index contributed by atoms with van der Waals surface area (Å²) in [4.78, 5) is 76.5. The first kappa shape index (κ1) is 26.4. The zero-order chi connectivity index (χ0) is 27.6. The average molecular weight is 517 g/mol. The minimum absolute atomic E-state index is 0.00632. The van der Waals surface area contributed by atoms with Gasteiger partial charge in [0.15, 0.2) is 34.7 Å². The number of aliphatic hydroxyl groups excluding tert-OH is 1. The van der Waals surface area contributed by atoms with Crippen LogP contribution in [0.1, 0.15) is 49.0 Å². The number of benzene rings is 1. The molecular weight excluding hydrogens is 488 g/mol. The van der Waals surface area contributed by atoms with Crippen LogP contribution in [0.4, 0.5) is 5.69 Å². The maximum atomic E-state index is 13.7. The zero-order valence-corrected chi connectivity index (χ0v) is 20.4. The number of phenols is 1. The summed E-state index contributed by atoms with van der Waals surface area (Å²) in [5, 5.41) is 36.2. The molecule has 37 heavy (non-hydrogen) atoms. The van der Waals surface area contributed by atoms with E-state index >= 15 is 0 Å². The van der Waals surface area contributed by atoms with Crippen LogP contribution in [-0.4, -0.2) is 74.7 Å². The van der Waals surface area contributed by atoms with Crippen LogP contribution in [0.15, 0.2) is 12.1 Å². The van der Waals surface area contributed by atoms with Crippen molar-refractivity contribution in [2.75, 3.05) is 11.9 Å². The number of aliphatic hydroxyl groups is 2. The second kappa shape index (κ2) is 9.03. The van der Waals surface area contributed by atoms with Gasteiger partial charge >= 0.3 is 5.97 Å². The van der Waals surface area contributed by atoms with Crippen LogP contribution in [0.2, 0.25) is 0 Å². The second-order valence-corrected chi connectivity index (χ2v) is 9.85. The third-order valence-corrected chi connectivity index (χ3v) is 7.87. The predicted molar refractivity (Wildman–Crippen MR) is 124 cm³/mol. The van der Waals surface area contributed by atoms with E-state index in [4.69, 9.17) is 10.5 Å². The molecule has 3 aliphatic rings. The van der Waals surface area contributed by atoms with Crippen LogP contribution in [0.5, 0.6) is 5.75 Å². The van der Waals surface area contributed by atoms with E-state index in [2.05, 4.69) is 5.32 Å². The number of nitrogens with two attached hydrogens (primary N) is 1. The molecule has 0 heterocycles. The highest BCUT2D eigenvalue weighted by Gasteiger charge is 2.69. The van der Waals surface area contributed by atoms with Gasteiger partial charge in [-0.15, -0.1) is 0 Å². The molecule has 0 saturated heterocycles. The van der Waals surface area contributed by atoms with E-state index in [1.54, 1.807) is 13.8 Å². The fourth-order valence-electron chi connectivity index (χ4n) is 6.03.